The molecule has 0 aromatic rings. The van der Waals surface area contributed by atoms with Gasteiger partial charge in [-0.2, -0.15) is 0 Å². The lowest BCUT2D eigenvalue weighted by atomic mass is 10.0. The van der Waals surface area contributed by atoms with Crippen LogP contribution in [0.1, 0.15) is 47.0 Å². The number of methoxy groups -OCH3 is 1. The topological polar surface area (TPSA) is 65.0 Å². The van der Waals surface area contributed by atoms with Crippen LogP contribution in [0.5, 0.6) is 0 Å². The first-order chi connectivity index (χ1) is 8.68. The molecule has 0 saturated carbocycles. The van der Waals surface area contributed by atoms with Gasteiger partial charge in [-0.3, -0.25) is 4.79 Å². The minimum atomic E-state index is -0.836. The highest BCUT2D eigenvalue weighted by molar-refractivity contribution is 5.66. The Kier molecular flexibility index (Phi) is 8.22. The van der Waals surface area contributed by atoms with Crippen molar-refractivity contribution in [1.29, 1.82) is 0 Å². The molecule has 0 fully saturated rings. The van der Waals surface area contributed by atoms with E-state index < -0.39 is 5.97 Å². The van der Waals surface area contributed by atoms with Crippen LogP contribution in [0.2, 0.25) is 0 Å². The lowest BCUT2D eigenvalue weighted by molar-refractivity contribution is -0.138. The van der Waals surface area contributed by atoms with E-state index in [1.165, 1.54) is 0 Å². The van der Waals surface area contributed by atoms with Gasteiger partial charge in [-0.1, -0.05) is 0 Å². The van der Waals surface area contributed by atoms with Gasteiger partial charge in [0.15, 0.2) is 0 Å². The molecule has 1 N–H and O–H groups in total. The molecular weight excluding hydrogens is 248 g/mol. The molecule has 19 heavy (non-hydrogen) atoms. The molecule has 0 unspecified atom stereocenters. The summed E-state index contributed by atoms with van der Waals surface area (Å²) in [7, 11) is 1.70. The van der Waals surface area contributed by atoms with Crippen LogP contribution in [0.15, 0.2) is 0 Å². The van der Waals surface area contributed by atoms with Gasteiger partial charge >= 0.3 is 5.97 Å². The van der Waals surface area contributed by atoms with Gasteiger partial charge in [0.1, 0.15) is 0 Å². The van der Waals surface area contributed by atoms with Crippen LogP contribution in [-0.4, -0.2) is 49.2 Å². The number of hydrogen-bond donors (Lipinski definition) is 1. The van der Waals surface area contributed by atoms with Crippen LogP contribution in [0, 0.1) is 0 Å². The number of carboxylic acid groups (broad SMARTS) is 1. The Hall–Kier alpha value is -0.650. The van der Waals surface area contributed by atoms with Crippen molar-refractivity contribution >= 4 is 5.97 Å². The summed E-state index contributed by atoms with van der Waals surface area (Å²) >= 11 is 0. The van der Waals surface area contributed by atoms with Crippen LogP contribution >= 0.6 is 0 Å². The van der Waals surface area contributed by atoms with E-state index in [-0.39, 0.29) is 24.2 Å². The van der Waals surface area contributed by atoms with E-state index in [4.69, 9.17) is 19.3 Å². The van der Waals surface area contributed by atoms with E-state index in [0.717, 1.165) is 12.8 Å². The fourth-order valence-electron chi connectivity index (χ4n) is 1.33. The maximum atomic E-state index is 10.3. The summed E-state index contributed by atoms with van der Waals surface area (Å²) in [6.07, 6.45) is 1.61. The molecule has 0 aliphatic heterocycles. The van der Waals surface area contributed by atoms with Gasteiger partial charge in [0.05, 0.1) is 30.8 Å². The summed E-state index contributed by atoms with van der Waals surface area (Å²) in [5.41, 5.74) is -0.443. The molecule has 0 heterocycles. The zero-order chi connectivity index (χ0) is 14.9. The summed E-state index contributed by atoms with van der Waals surface area (Å²) in [5, 5.41) is 8.47. The molecule has 0 amide bonds. The molecular formula is C14H28O5. The van der Waals surface area contributed by atoms with Crippen LogP contribution in [-0.2, 0) is 19.0 Å². The lowest BCUT2D eigenvalue weighted by Crippen LogP contribution is -2.31. The molecule has 0 rings (SSSR count). The maximum absolute atomic E-state index is 10.3. The maximum Gasteiger partial charge on any atom is 0.305 e. The molecule has 0 bridgehead atoms. The lowest BCUT2D eigenvalue weighted by Gasteiger charge is -2.28. The van der Waals surface area contributed by atoms with Gasteiger partial charge in [0.2, 0.25) is 0 Å². The molecule has 114 valence electrons. The third-order valence-corrected chi connectivity index (χ3v) is 3.06. The summed E-state index contributed by atoms with van der Waals surface area (Å²) in [4.78, 5) is 10.3. The fraction of sp³-hybridized carbons (Fsp3) is 0.929. The Labute approximate surface area is 116 Å². The smallest absolute Gasteiger partial charge is 0.305 e. The van der Waals surface area contributed by atoms with E-state index in [1.54, 1.807) is 7.11 Å². The molecule has 0 radical (unpaired) electrons. The third kappa shape index (κ3) is 10.9. The van der Waals surface area contributed by atoms with Crippen molar-refractivity contribution in [3.8, 4) is 0 Å². The molecule has 0 aliphatic rings. The van der Waals surface area contributed by atoms with Crippen molar-refractivity contribution < 1.29 is 24.1 Å². The zero-order valence-electron chi connectivity index (χ0n) is 12.8. The number of hydrogen-bond acceptors (Lipinski definition) is 4. The van der Waals surface area contributed by atoms with Gasteiger partial charge in [-0.25, -0.2) is 0 Å². The van der Waals surface area contributed by atoms with Gasteiger partial charge in [-0.05, 0) is 40.5 Å². The van der Waals surface area contributed by atoms with Crippen molar-refractivity contribution in [1.82, 2.24) is 0 Å². The Morgan fingerprint density at radius 1 is 1.00 bits per heavy atom. The summed E-state index contributed by atoms with van der Waals surface area (Å²) in [6, 6.07) is 0. The Morgan fingerprint density at radius 2 is 1.58 bits per heavy atom. The predicted molar refractivity (Wildman–Crippen MR) is 73.4 cm³/mol. The van der Waals surface area contributed by atoms with E-state index in [9.17, 15) is 4.79 Å². The second kappa shape index (κ2) is 8.51. The van der Waals surface area contributed by atoms with E-state index in [2.05, 4.69) is 0 Å². The summed E-state index contributed by atoms with van der Waals surface area (Å²) in [5.74, 6) is -0.836. The first-order valence-corrected chi connectivity index (χ1v) is 6.67. The Balaban J connectivity index is 3.71. The van der Waals surface area contributed by atoms with Gasteiger partial charge in [-0.15, -0.1) is 0 Å². The molecule has 5 heteroatoms. The minimum Gasteiger partial charge on any atom is -0.481 e. The minimum absolute atomic E-state index is 0.0450. The van der Waals surface area contributed by atoms with Gasteiger partial charge in [0.25, 0.3) is 0 Å². The van der Waals surface area contributed by atoms with E-state index in [0.29, 0.717) is 13.2 Å². The van der Waals surface area contributed by atoms with Gasteiger partial charge < -0.3 is 19.3 Å². The van der Waals surface area contributed by atoms with Crippen molar-refractivity contribution in [3.05, 3.63) is 0 Å². The average Bonchev–Trinajstić information content (AvgIpc) is 2.27. The highest BCUT2D eigenvalue weighted by Crippen LogP contribution is 2.18. The standard InChI is InChI=1S/C14H28O5/c1-13(2,17-5)8-11-19-14(3,4)7-10-18-9-6-12(15)16/h6-11H2,1-5H3,(H,15,16). The second-order valence-electron chi connectivity index (χ2n) is 5.83. The largest absolute Gasteiger partial charge is 0.481 e. The zero-order valence-corrected chi connectivity index (χ0v) is 12.8. The highest BCUT2D eigenvalue weighted by atomic mass is 16.5. The molecule has 0 atom stereocenters. The van der Waals surface area contributed by atoms with E-state index >= 15 is 0 Å². The monoisotopic (exact) mass is 276 g/mol. The molecule has 0 aliphatic carbocycles. The molecule has 0 aromatic heterocycles. The third-order valence-electron chi connectivity index (χ3n) is 3.06. The van der Waals surface area contributed by atoms with Crippen LogP contribution < -0.4 is 0 Å². The van der Waals surface area contributed by atoms with Crippen LogP contribution in [0.4, 0.5) is 0 Å². The van der Waals surface area contributed by atoms with Crippen molar-refractivity contribution in [2.75, 3.05) is 26.9 Å². The number of carbonyl (C=O) groups is 1. The second-order valence-corrected chi connectivity index (χ2v) is 5.83. The Morgan fingerprint density at radius 3 is 2.11 bits per heavy atom. The molecule has 5 nitrogen and oxygen atoms in total. The Bertz CT molecular complexity index is 261. The fourth-order valence-corrected chi connectivity index (χ4v) is 1.33. The van der Waals surface area contributed by atoms with Crippen molar-refractivity contribution in [3.63, 3.8) is 0 Å². The van der Waals surface area contributed by atoms with Crippen molar-refractivity contribution in [2.24, 2.45) is 0 Å². The molecule has 0 aromatic carbocycles. The average molecular weight is 276 g/mol. The normalized spacial score (nSPS) is 12.7. The van der Waals surface area contributed by atoms with Crippen LogP contribution in [0.3, 0.4) is 0 Å². The van der Waals surface area contributed by atoms with Gasteiger partial charge in [0, 0.05) is 13.7 Å². The molecule has 0 saturated heterocycles. The SMILES string of the molecule is COC(C)(C)CCOC(C)(C)CCOCCC(=O)O. The van der Waals surface area contributed by atoms with Crippen molar-refractivity contribution in [2.45, 2.75) is 58.2 Å². The van der Waals surface area contributed by atoms with Crippen LogP contribution in [0.25, 0.3) is 0 Å². The molecule has 0 spiro atoms. The quantitative estimate of drug-likeness (QED) is 0.587. The number of aliphatic carboxylic acids is 1. The number of ether oxygens (including phenoxy) is 3. The van der Waals surface area contributed by atoms with E-state index in [1.807, 2.05) is 27.7 Å². The summed E-state index contributed by atoms with van der Waals surface area (Å²) < 4.78 is 16.4. The number of carboxylic acids is 1. The predicted octanol–water partition coefficient (Wildman–Crippen LogP) is 2.48. The first-order valence-electron chi connectivity index (χ1n) is 6.67. The highest BCUT2D eigenvalue weighted by Gasteiger charge is 2.21. The first kappa shape index (κ1) is 18.4. The number of rotatable bonds is 11. The summed E-state index contributed by atoms with van der Waals surface area (Å²) in [6.45, 7) is 9.45.